The molecule has 6 heteroatoms. The quantitative estimate of drug-likeness (QED) is 0.255. The molecule has 2 aliphatic rings. The Hall–Kier alpha value is -4.13. The van der Waals surface area contributed by atoms with Crippen LogP contribution in [0, 0.1) is 0 Å². The SMILES string of the molecule is O=C(C=Cc1ccccc1OC[C@@H](O)CN1CCC(c2ccc3ccccc3c2)CC1)N1CCN(c2ccccc2)CC1. The zero-order valence-electron chi connectivity index (χ0n) is 24.7. The molecule has 222 valence electrons. The van der Waals surface area contributed by atoms with Crippen LogP contribution in [0.25, 0.3) is 16.8 Å². The van der Waals surface area contributed by atoms with Gasteiger partial charge in [0.05, 0.1) is 0 Å². The molecule has 43 heavy (non-hydrogen) atoms. The van der Waals surface area contributed by atoms with Gasteiger partial charge in [-0.15, -0.1) is 0 Å². The Morgan fingerprint density at radius 3 is 2.30 bits per heavy atom. The van der Waals surface area contributed by atoms with Crippen molar-refractivity contribution in [3.63, 3.8) is 0 Å². The van der Waals surface area contributed by atoms with E-state index in [0.717, 1.165) is 44.6 Å². The highest BCUT2D eigenvalue weighted by molar-refractivity contribution is 5.92. The van der Waals surface area contributed by atoms with E-state index in [-0.39, 0.29) is 12.5 Å². The molecule has 0 unspecified atom stereocenters. The number of β-amino-alcohol motifs (C(OH)–C–C–N with tert-alkyl or cyclic N) is 1. The Balaban J connectivity index is 0.956. The van der Waals surface area contributed by atoms with Gasteiger partial charge in [0.25, 0.3) is 0 Å². The van der Waals surface area contributed by atoms with E-state index in [1.165, 1.54) is 22.0 Å². The van der Waals surface area contributed by atoms with Gasteiger partial charge < -0.3 is 24.5 Å². The minimum Gasteiger partial charge on any atom is -0.490 e. The third kappa shape index (κ3) is 7.45. The first-order chi connectivity index (χ1) is 21.1. The number of aliphatic hydroxyl groups is 1. The highest BCUT2D eigenvalue weighted by atomic mass is 16.5. The van der Waals surface area contributed by atoms with Gasteiger partial charge in [-0.3, -0.25) is 4.79 Å². The molecule has 0 saturated carbocycles. The minimum absolute atomic E-state index is 0.00893. The molecule has 6 rings (SSSR count). The molecule has 2 aliphatic heterocycles. The fourth-order valence-electron chi connectivity index (χ4n) is 6.29. The molecule has 0 aliphatic carbocycles. The molecule has 0 bridgehead atoms. The van der Waals surface area contributed by atoms with Crippen LogP contribution in [0.5, 0.6) is 5.75 Å². The summed E-state index contributed by atoms with van der Waals surface area (Å²) < 4.78 is 6.05. The number of benzene rings is 4. The first-order valence-corrected chi connectivity index (χ1v) is 15.5. The van der Waals surface area contributed by atoms with E-state index < -0.39 is 6.10 Å². The fraction of sp³-hybridized carbons (Fsp3) is 0.324. The number of likely N-dealkylation sites (tertiary alicyclic amines) is 1. The summed E-state index contributed by atoms with van der Waals surface area (Å²) in [5.41, 5.74) is 3.45. The zero-order chi connectivity index (χ0) is 29.4. The monoisotopic (exact) mass is 575 g/mol. The first kappa shape index (κ1) is 29.0. The fourth-order valence-corrected chi connectivity index (χ4v) is 6.29. The van der Waals surface area contributed by atoms with Crippen molar-refractivity contribution in [2.45, 2.75) is 24.9 Å². The maximum atomic E-state index is 12.9. The maximum Gasteiger partial charge on any atom is 0.246 e. The van der Waals surface area contributed by atoms with Crippen molar-refractivity contribution in [2.24, 2.45) is 0 Å². The van der Waals surface area contributed by atoms with Gasteiger partial charge in [0.2, 0.25) is 5.91 Å². The number of rotatable bonds is 9. The number of fused-ring (bicyclic) bond motifs is 1. The molecule has 1 atom stereocenters. The third-order valence-electron chi connectivity index (χ3n) is 8.77. The lowest BCUT2D eigenvalue weighted by atomic mass is 9.88. The van der Waals surface area contributed by atoms with E-state index in [1.54, 1.807) is 6.08 Å². The molecule has 6 nitrogen and oxygen atoms in total. The number of amides is 1. The van der Waals surface area contributed by atoms with Gasteiger partial charge in [0.1, 0.15) is 18.5 Å². The molecule has 4 aromatic rings. The lowest BCUT2D eigenvalue weighted by Crippen LogP contribution is -2.48. The first-order valence-electron chi connectivity index (χ1n) is 15.5. The van der Waals surface area contributed by atoms with E-state index >= 15 is 0 Å². The normalized spacial score (nSPS) is 17.4. The Kier molecular flexibility index (Phi) is 9.36. The molecule has 1 amide bonds. The van der Waals surface area contributed by atoms with Gasteiger partial charge >= 0.3 is 0 Å². The van der Waals surface area contributed by atoms with E-state index in [2.05, 4.69) is 64.4 Å². The second kappa shape index (κ2) is 13.9. The summed E-state index contributed by atoms with van der Waals surface area (Å²) in [6.07, 6.45) is 5.06. The van der Waals surface area contributed by atoms with Crippen LogP contribution in [0.1, 0.15) is 29.9 Å². The zero-order valence-corrected chi connectivity index (χ0v) is 24.7. The number of hydrogen-bond donors (Lipinski definition) is 1. The summed E-state index contributed by atoms with van der Waals surface area (Å²) in [5.74, 6) is 1.24. The van der Waals surface area contributed by atoms with Crippen LogP contribution in [-0.2, 0) is 4.79 Å². The Bertz CT molecular complexity index is 1520. The van der Waals surface area contributed by atoms with Crippen molar-refractivity contribution in [3.05, 3.63) is 114 Å². The van der Waals surface area contributed by atoms with Crippen molar-refractivity contribution in [1.29, 1.82) is 0 Å². The number of piperazine rings is 1. The molecule has 2 saturated heterocycles. The second-order valence-corrected chi connectivity index (χ2v) is 11.7. The molecule has 2 fully saturated rings. The number of nitrogens with zero attached hydrogens (tertiary/aromatic N) is 3. The molecule has 1 N–H and O–H groups in total. The Labute approximate surface area is 254 Å². The smallest absolute Gasteiger partial charge is 0.246 e. The van der Waals surface area contributed by atoms with Crippen LogP contribution in [-0.4, -0.2) is 79.3 Å². The van der Waals surface area contributed by atoms with Crippen molar-refractivity contribution in [1.82, 2.24) is 9.80 Å². The van der Waals surface area contributed by atoms with Gasteiger partial charge in [0.15, 0.2) is 0 Å². The molecular weight excluding hydrogens is 534 g/mol. The molecule has 4 aromatic carbocycles. The second-order valence-electron chi connectivity index (χ2n) is 11.7. The van der Waals surface area contributed by atoms with Crippen LogP contribution in [0.3, 0.4) is 0 Å². The Morgan fingerprint density at radius 1 is 0.814 bits per heavy atom. The summed E-state index contributed by atoms with van der Waals surface area (Å²) in [6, 6.07) is 33.4. The predicted octanol–water partition coefficient (Wildman–Crippen LogP) is 5.82. The third-order valence-corrected chi connectivity index (χ3v) is 8.77. The number of ether oxygens (including phenoxy) is 1. The van der Waals surface area contributed by atoms with Gasteiger partial charge in [-0.1, -0.05) is 78.9 Å². The molecular formula is C37H41N3O3. The molecule has 0 radical (unpaired) electrons. The average molecular weight is 576 g/mol. The predicted molar refractivity (Wildman–Crippen MR) is 175 cm³/mol. The number of para-hydroxylation sites is 2. The van der Waals surface area contributed by atoms with Crippen molar-refractivity contribution >= 4 is 28.4 Å². The standard InChI is InChI=1S/C37H41N3O3/c41-35(27-38-20-18-30(19-21-38)33-15-14-29-8-4-5-10-32(29)26-33)28-43-36-13-7-6-9-31(36)16-17-37(42)40-24-22-39(23-25-40)34-11-2-1-3-12-34/h1-17,26,30,35,41H,18-25,27-28H2/t35-/m0/s1. The maximum absolute atomic E-state index is 12.9. The van der Waals surface area contributed by atoms with E-state index in [9.17, 15) is 9.90 Å². The summed E-state index contributed by atoms with van der Waals surface area (Å²) in [5, 5.41) is 13.4. The van der Waals surface area contributed by atoms with Crippen LogP contribution in [0.4, 0.5) is 5.69 Å². The number of anilines is 1. The van der Waals surface area contributed by atoms with Crippen molar-refractivity contribution in [3.8, 4) is 5.75 Å². The van der Waals surface area contributed by atoms with Crippen LogP contribution < -0.4 is 9.64 Å². The largest absolute Gasteiger partial charge is 0.490 e. The lowest BCUT2D eigenvalue weighted by Gasteiger charge is -2.35. The van der Waals surface area contributed by atoms with Gasteiger partial charge in [-0.25, -0.2) is 0 Å². The molecule has 2 heterocycles. The average Bonchev–Trinajstić information content (AvgIpc) is 3.07. The van der Waals surface area contributed by atoms with E-state index in [1.807, 2.05) is 53.4 Å². The topological polar surface area (TPSA) is 56.3 Å². The van der Waals surface area contributed by atoms with Gasteiger partial charge in [-0.05, 0) is 72.5 Å². The molecule has 0 aromatic heterocycles. The summed E-state index contributed by atoms with van der Waals surface area (Å²) >= 11 is 0. The van der Waals surface area contributed by atoms with Gasteiger partial charge in [0, 0.05) is 50.1 Å². The number of carbonyl (C=O) groups is 1. The summed E-state index contributed by atoms with van der Waals surface area (Å²) in [7, 11) is 0. The number of hydrogen-bond acceptors (Lipinski definition) is 5. The van der Waals surface area contributed by atoms with Gasteiger partial charge in [-0.2, -0.15) is 0 Å². The highest BCUT2D eigenvalue weighted by Gasteiger charge is 2.23. The Morgan fingerprint density at radius 2 is 1.51 bits per heavy atom. The van der Waals surface area contributed by atoms with Crippen LogP contribution in [0.15, 0.2) is 103 Å². The summed E-state index contributed by atoms with van der Waals surface area (Å²) in [6.45, 7) is 5.78. The van der Waals surface area contributed by atoms with E-state index in [4.69, 9.17) is 4.74 Å². The van der Waals surface area contributed by atoms with Crippen LogP contribution in [0.2, 0.25) is 0 Å². The van der Waals surface area contributed by atoms with E-state index in [0.29, 0.717) is 31.3 Å². The van der Waals surface area contributed by atoms with Crippen LogP contribution >= 0.6 is 0 Å². The van der Waals surface area contributed by atoms with Crippen molar-refractivity contribution < 1.29 is 14.6 Å². The highest BCUT2D eigenvalue weighted by Crippen LogP contribution is 2.30. The number of piperidine rings is 1. The lowest BCUT2D eigenvalue weighted by molar-refractivity contribution is -0.126. The molecule has 0 spiro atoms. The minimum atomic E-state index is -0.586. The summed E-state index contributed by atoms with van der Waals surface area (Å²) in [4.78, 5) is 19.5. The van der Waals surface area contributed by atoms with Crippen molar-refractivity contribution in [2.75, 3.05) is 57.3 Å². The number of aliphatic hydroxyl groups excluding tert-OH is 1. The number of carbonyl (C=O) groups excluding carboxylic acids is 1.